The minimum Gasteiger partial charge on any atom is -0.296 e. The summed E-state index contributed by atoms with van der Waals surface area (Å²) in [5.41, 5.74) is 2.01. The van der Waals surface area contributed by atoms with Crippen molar-refractivity contribution in [3.63, 3.8) is 0 Å². The van der Waals surface area contributed by atoms with Crippen molar-refractivity contribution in [2.45, 2.75) is 46.1 Å². The Morgan fingerprint density at radius 1 is 1.22 bits per heavy atom. The van der Waals surface area contributed by atoms with E-state index < -0.39 is 0 Å². The molecule has 0 aliphatic rings. The second kappa shape index (κ2) is 4.23. The van der Waals surface area contributed by atoms with Gasteiger partial charge in [0.25, 0.3) is 5.56 Å². The Morgan fingerprint density at radius 2 is 1.89 bits per heavy atom. The molecule has 3 heteroatoms. The number of aromatic nitrogens is 2. The summed E-state index contributed by atoms with van der Waals surface area (Å²) in [6.07, 6.45) is 1.63. The molecule has 2 rings (SSSR count). The van der Waals surface area contributed by atoms with Gasteiger partial charge in [-0.3, -0.25) is 9.36 Å². The average molecular weight is 244 g/mol. The second-order valence-electron chi connectivity index (χ2n) is 6.03. The maximum Gasteiger partial charge on any atom is 0.261 e. The number of fused-ring (bicyclic) bond motifs is 1. The lowest BCUT2D eigenvalue weighted by molar-refractivity contribution is 0.572. The van der Waals surface area contributed by atoms with E-state index in [9.17, 15) is 4.79 Å². The van der Waals surface area contributed by atoms with Gasteiger partial charge in [-0.25, -0.2) is 4.98 Å². The number of rotatable bonds is 1. The molecule has 0 bridgehead atoms. The first-order valence-electron chi connectivity index (χ1n) is 6.32. The van der Waals surface area contributed by atoms with Crippen LogP contribution in [-0.4, -0.2) is 9.55 Å². The van der Waals surface area contributed by atoms with Gasteiger partial charge in [0.1, 0.15) is 0 Å². The Morgan fingerprint density at radius 3 is 2.44 bits per heavy atom. The molecule has 1 heterocycles. The van der Waals surface area contributed by atoms with Crippen LogP contribution in [0.2, 0.25) is 0 Å². The highest BCUT2D eigenvalue weighted by atomic mass is 16.1. The van der Waals surface area contributed by atoms with Crippen LogP contribution >= 0.6 is 0 Å². The molecule has 3 nitrogen and oxygen atoms in total. The Kier molecular flexibility index (Phi) is 3.01. The van der Waals surface area contributed by atoms with E-state index in [2.05, 4.69) is 31.8 Å². The van der Waals surface area contributed by atoms with Gasteiger partial charge in [-0.15, -0.1) is 0 Å². The molecule has 0 saturated carbocycles. The second-order valence-corrected chi connectivity index (χ2v) is 6.03. The fourth-order valence-corrected chi connectivity index (χ4v) is 1.97. The van der Waals surface area contributed by atoms with Gasteiger partial charge in [0.05, 0.1) is 17.2 Å². The Labute approximate surface area is 107 Å². The minimum absolute atomic E-state index is 0.0408. The molecule has 0 fully saturated rings. The summed E-state index contributed by atoms with van der Waals surface area (Å²) in [7, 11) is 0. The van der Waals surface area contributed by atoms with Crippen molar-refractivity contribution in [2.75, 3.05) is 0 Å². The smallest absolute Gasteiger partial charge is 0.261 e. The largest absolute Gasteiger partial charge is 0.296 e. The highest BCUT2D eigenvalue weighted by Crippen LogP contribution is 2.24. The molecule has 18 heavy (non-hydrogen) atoms. The van der Waals surface area contributed by atoms with Gasteiger partial charge in [-0.2, -0.15) is 0 Å². The van der Waals surface area contributed by atoms with Crippen molar-refractivity contribution in [2.24, 2.45) is 0 Å². The zero-order valence-electron chi connectivity index (χ0n) is 11.7. The Balaban J connectivity index is 2.75. The molecular formula is C15H20N2O. The van der Waals surface area contributed by atoms with Crippen molar-refractivity contribution in [3.05, 3.63) is 40.4 Å². The zero-order chi connectivity index (χ0) is 13.5. The summed E-state index contributed by atoms with van der Waals surface area (Å²) >= 11 is 0. The summed E-state index contributed by atoms with van der Waals surface area (Å²) < 4.78 is 1.68. The average Bonchev–Trinajstić information content (AvgIpc) is 2.27. The van der Waals surface area contributed by atoms with Crippen LogP contribution in [0.4, 0.5) is 0 Å². The van der Waals surface area contributed by atoms with Crippen LogP contribution in [0, 0.1) is 0 Å². The van der Waals surface area contributed by atoms with Crippen LogP contribution in [0.25, 0.3) is 10.9 Å². The van der Waals surface area contributed by atoms with Gasteiger partial charge < -0.3 is 0 Å². The third-order valence-electron chi connectivity index (χ3n) is 3.21. The van der Waals surface area contributed by atoms with Crippen LogP contribution in [0.15, 0.2) is 29.3 Å². The van der Waals surface area contributed by atoms with Gasteiger partial charge in [0.2, 0.25) is 0 Å². The molecule has 0 aliphatic heterocycles. The quantitative estimate of drug-likeness (QED) is 0.771. The molecule has 0 atom stereocenters. The Bertz CT molecular complexity index is 633. The van der Waals surface area contributed by atoms with Crippen LogP contribution in [-0.2, 0) is 5.41 Å². The highest BCUT2D eigenvalue weighted by Gasteiger charge is 2.15. The molecule has 1 aromatic heterocycles. The molecule has 0 amide bonds. The molecule has 0 radical (unpaired) electrons. The third-order valence-corrected chi connectivity index (χ3v) is 3.21. The summed E-state index contributed by atoms with van der Waals surface area (Å²) in [6, 6.07) is 6.09. The molecule has 0 aliphatic carbocycles. The number of hydrogen-bond acceptors (Lipinski definition) is 2. The first-order valence-corrected chi connectivity index (χ1v) is 6.32. The third kappa shape index (κ3) is 2.17. The van der Waals surface area contributed by atoms with E-state index in [-0.39, 0.29) is 17.0 Å². The topological polar surface area (TPSA) is 34.9 Å². The van der Waals surface area contributed by atoms with E-state index in [1.54, 1.807) is 10.9 Å². The van der Waals surface area contributed by atoms with E-state index in [1.807, 2.05) is 26.0 Å². The van der Waals surface area contributed by atoms with E-state index in [0.717, 1.165) is 11.1 Å². The zero-order valence-corrected chi connectivity index (χ0v) is 11.7. The first-order chi connectivity index (χ1) is 8.30. The standard InChI is InChI=1S/C15H20N2O/c1-10(2)17-9-16-13-7-6-11(15(3,4)5)8-12(13)14(17)18/h6-10H,1-5H3. The van der Waals surface area contributed by atoms with Crippen molar-refractivity contribution >= 4 is 10.9 Å². The summed E-state index contributed by atoms with van der Waals surface area (Å²) in [4.78, 5) is 16.7. The fraction of sp³-hybridized carbons (Fsp3) is 0.467. The normalized spacial score (nSPS) is 12.3. The summed E-state index contributed by atoms with van der Waals surface area (Å²) in [6.45, 7) is 10.4. The highest BCUT2D eigenvalue weighted by molar-refractivity contribution is 5.78. The Hall–Kier alpha value is -1.64. The van der Waals surface area contributed by atoms with E-state index in [1.165, 1.54) is 0 Å². The lowest BCUT2D eigenvalue weighted by Gasteiger charge is -2.19. The molecule has 0 spiro atoms. The maximum atomic E-state index is 12.4. The van der Waals surface area contributed by atoms with Gasteiger partial charge >= 0.3 is 0 Å². The van der Waals surface area contributed by atoms with Crippen molar-refractivity contribution < 1.29 is 0 Å². The fourth-order valence-electron chi connectivity index (χ4n) is 1.97. The number of nitrogens with zero attached hydrogens (tertiary/aromatic N) is 2. The monoisotopic (exact) mass is 244 g/mol. The molecule has 0 saturated heterocycles. The molecule has 2 aromatic rings. The van der Waals surface area contributed by atoms with E-state index in [4.69, 9.17) is 0 Å². The maximum absolute atomic E-state index is 12.4. The van der Waals surface area contributed by atoms with Crippen LogP contribution in [0.5, 0.6) is 0 Å². The molecule has 0 N–H and O–H groups in total. The van der Waals surface area contributed by atoms with Crippen LogP contribution in [0.1, 0.15) is 46.2 Å². The van der Waals surface area contributed by atoms with Gasteiger partial charge in [0, 0.05) is 6.04 Å². The molecule has 96 valence electrons. The molecule has 1 aromatic carbocycles. The van der Waals surface area contributed by atoms with Crippen molar-refractivity contribution in [3.8, 4) is 0 Å². The number of benzene rings is 1. The lowest BCUT2D eigenvalue weighted by atomic mass is 9.86. The van der Waals surface area contributed by atoms with E-state index in [0.29, 0.717) is 5.39 Å². The van der Waals surface area contributed by atoms with Gasteiger partial charge in [-0.05, 0) is 37.0 Å². The van der Waals surface area contributed by atoms with E-state index >= 15 is 0 Å². The molecular weight excluding hydrogens is 224 g/mol. The predicted octanol–water partition coefficient (Wildman–Crippen LogP) is 3.27. The van der Waals surface area contributed by atoms with Crippen LogP contribution in [0.3, 0.4) is 0 Å². The molecule has 0 unspecified atom stereocenters. The summed E-state index contributed by atoms with van der Waals surface area (Å²) in [5, 5.41) is 0.707. The minimum atomic E-state index is 0.0408. The number of hydrogen-bond donors (Lipinski definition) is 0. The van der Waals surface area contributed by atoms with Crippen LogP contribution < -0.4 is 5.56 Å². The summed E-state index contributed by atoms with van der Waals surface area (Å²) in [5.74, 6) is 0. The predicted molar refractivity (Wildman–Crippen MR) is 75.1 cm³/mol. The van der Waals surface area contributed by atoms with Gasteiger partial charge in [0.15, 0.2) is 0 Å². The first kappa shape index (κ1) is 12.8. The van der Waals surface area contributed by atoms with Gasteiger partial charge in [-0.1, -0.05) is 26.8 Å². The van der Waals surface area contributed by atoms with Crippen molar-refractivity contribution in [1.82, 2.24) is 9.55 Å². The van der Waals surface area contributed by atoms with Crippen molar-refractivity contribution in [1.29, 1.82) is 0 Å². The lowest BCUT2D eigenvalue weighted by Crippen LogP contribution is -2.23. The SMILES string of the molecule is CC(C)n1cnc2ccc(C(C)(C)C)cc2c1=O.